The van der Waals surface area contributed by atoms with Crippen LogP contribution in [0.4, 0.5) is 28.0 Å². The summed E-state index contributed by atoms with van der Waals surface area (Å²) in [4.78, 5) is 31.4. The van der Waals surface area contributed by atoms with Gasteiger partial charge in [0.15, 0.2) is 0 Å². The average molecular weight is 535 g/mol. The van der Waals surface area contributed by atoms with Gasteiger partial charge in [0.25, 0.3) is 5.91 Å². The standard InChI is InChI=1S/C27H30F4N4O3/c1-26(34-25(37)38)8-9-35(14-26)23-20(24(36)33-19-4-6-27(30,31)7-5-19)13-32-22(15-2-3-15)21(23)16-10-17(28)12-18(29)11-16/h10-13,15,19,34H,2-9,14H2,1H3,(H,33,36)(H,37,38)/t26-/m0/s1. The molecule has 204 valence electrons. The summed E-state index contributed by atoms with van der Waals surface area (Å²) in [5.74, 6) is -4.73. The van der Waals surface area contributed by atoms with Gasteiger partial charge in [-0.15, -0.1) is 0 Å². The van der Waals surface area contributed by atoms with Gasteiger partial charge in [-0.3, -0.25) is 9.78 Å². The molecule has 1 aromatic heterocycles. The Morgan fingerprint density at radius 3 is 2.32 bits per heavy atom. The maximum Gasteiger partial charge on any atom is 0.405 e. The zero-order valence-corrected chi connectivity index (χ0v) is 21.0. The van der Waals surface area contributed by atoms with E-state index in [-0.39, 0.29) is 49.3 Å². The summed E-state index contributed by atoms with van der Waals surface area (Å²) < 4.78 is 56.1. The molecule has 2 aliphatic carbocycles. The minimum absolute atomic E-state index is 0.0684. The van der Waals surface area contributed by atoms with Crippen LogP contribution in [0.1, 0.15) is 73.8 Å². The quantitative estimate of drug-likeness (QED) is 0.429. The number of nitrogens with one attached hydrogen (secondary N) is 2. The summed E-state index contributed by atoms with van der Waals surface area (Å²) in [6, 6.07) is 2.73. The van der Waals surface area contributed by atoms with Crippen LogP contribution >= 0.6 is 0 Å². The molecule has 0 bridgehead atoms. The summed E-state index contributed by atoms with van der Waals surface area (Å²) in [7, 11) is 0. The van der Waals surface area contributed by atoms with E-state index in [0.717, 1.165) is 18.9 Å². The van der Waals surface area contributed by atoms with Crippen LogP contribution in [0.25, 0.3) is 11.1 Å². The van der Waals surface area contributed by atoms with Gasteiger partial charge in [-0.1, -0.05) is 0 Å². The van der Waals surface area contributed by atoms with Crippen molar-refractivity contribution in [1.82, 2.24) is 15.6 Å². The molecule has 1 aliphatic heterocycles. The number of carbonyl (C=O) groups is 2. The number of carbonyl (C=O) groups excluding carboxylic acids is 1. The van der Waals surface area contributed by atoms with Crippen molar-refractivity contribution in [3.63, 3.8) is 0 Å². The molecule has 1 aromatic carbocycles. The van der Waals surface area contributed by atoms with Crippen LogP contribution in [-0.4, -0.2) is 52.7 Å². The van der Waals surface area contributed by atoms with Crippen LogP contribution in [0.5, 0.6) is 0 Å². The largest absolute Gasteiger partial charge is 0.465 e. The SMILES string of the molecule is C[C@]1(NC(=O)O)CCN(c2c(C(=O)NC3CCC(F)(F)CC3)cnc(C3CC3)c2-c2cc(F)cc(F)c2)C1. The van der Waals surface area contributed by atoms with E-state index < -0.39 is 41.1 Å². The molecular formula is C27H30F4N4O3. The van der Waals surface area contributed by atoms with Gasteiger partial charge in [0.2, 0.25) is 5.92 Å². The highest BCUT2D eigenvalue weighted by molar-refractivity contribution is 6.04. The van der Waals surface area contributed by atoms with Crippen LogP contribution in [0, 0.1) is 11.6 Å². The predicted molar refractivity (Wildman–Crippen MR) is 133 cm³/mol. The molecule has 1 saturated heterocycles. The van der Waals surface area contributed by atoms with Crippen molar-refractivity contribution in [2.45, 2.75) is 75.3 Å². The van der Waals surface area contributed by atoms with E-state index in [1.807, 2.05) is 4.90 Å². The average Bonchev–Trinajstić information content (AvgIpc) is 3.60. The summed E-state index contributed by atoms with van der Waals surface area (Å²) in [6.07, 6.45) is 2.02. The fraction of sp³-hybridized carbons (Fsp3) is 0.519. The van der Waals surface area contributed by atoms with Gasteiger partial charge in [-0.2, -0.15) is 0 Å². The highest BCUT2D eigenvalue weighted by Gasteiger charge is 2.41. The highest BCUT2D eigenvalue weighted by Crippen LogP contribution is 2.48. The lowest BCUT2D eigenvalue weighted by molar-refractivity contribution is -0.0399. The highest BCUT2D eigenvalue weighted by atomic mass is 19.3. The number of rotatable bonds is 6. The van der Waals surface area contributed by atoms with Crippen LogP contribution in [0.15, 0.2) is 24.4 Å². The lowest BCUT2D eigenvalue weighted by Crippen LogP contribution is -2.47. The monoisotopic (exact) mass is 534 g/mol. The number of nitrogens with zero attached hydrogens (tertiary/aromatic N) is 2. The molecule has 1 atom stereocenters. The first-order chi connectivity index (χ1) is 17.9. The molecular weight excluding hydrogens is 504 g/mol. The Morgan fingerprint density at radius 2 is 1.71 bits per heavy atom. The molecule has 2 saturated carbocycles. The van der Waals surface area contributed by atoms with Gasteiger partial charge in [0, 0.05) is 55.7 Å². The number of hydrogen-bond donors (Lipinski definition) is 3. The molecule has 3 aliphatic rings. The summed E-state index contributed by atoms with van der Waals surface area (Å²) >= 11 is 0. The molecule has 0 radical (unpaired) electrons. The number of benzene rings is 1. The van der Waals surface area contributed by atoms with Gasteiger partial charge in [0.05, 0.1) is 22.5 Å². The Hall–Kier alpha value is -3.37. The second kappa shape index (κ2) is 9.74. The molecule has 0 spiro atoms. The third-order valence-corrected chi connectivity index (χ3v) is 7.69. The molecule has 3 N–H and O–H groups in total. The molecule has 0 unspecified atom stereocenters. The molecule has 7 nitrogen and oxygen atoms in total. The van der Waals surface area contributed by atoms with Gasteiger partial charge in [-0.25, -0.2) is 22.4 Å². The molecule has 11 heteroatoms. The molecule has 2 amide bonds. The van der Waals surface area contributed by atoms with Crippen LogP contribution in [0.3, 0.4) is 0 Å². The zero-order chi connectivity index (χ0) is 27.2. The second-order valence-electron chi connectivity index (χ2n) is 11.0. The van der Waals surface area contributed by atoms with Gasteiger partial charge >= 0.3 is 6.09 Å². The topological polar surface area (TPSA) is 94.6 Å². The normalized spacial score (nSPS) is 23.3. The number of carboxylic acid groups (broad SMARTS) is 1. The zero-order valence-electron chi connectivity index (χ0n) is 21.0. The van der Waals surface area contributed by atoms with Crippen molar-refractivity contribution in [3.05, 3.63) is 47.3 Å². The number of alkyl halides is 2. The van der Waals surface area contributed by atoms with Crippen molar-refractivity contribution < 1.29 is 32.3 Å². The van der Waals surface area contributed by atoms with Gasteiger partial charge in [-0.05, 0) is 56.7 Å². The van der Waals surface area contributed by atoms with E-state index >= 15 is 0 Å². The first-order valence-corrected chi connectivity index (χ1v) is 12.9. The van der Waals surface area contributed by atoms with Crippen molar-refractivity contribution in [2.24, 2.45) is 0 Å². The van der Waals surface area contributed by atoms with Crippen LogP contribution < -0.4 is 15.5 Å². The Bertz CT molecular complexity index is 1240. The molecule has 2 aromatic rings. The third kappa shape index (κ3) is 5.56. The number of anilines is 1. The first kappa shape index (κ1) is 26.2. The maximum absolute atomic E-state index is 14.4. The summed E-state index contributed by atoms with van der Waals surface area (Å²) in [5, 5.41) is 14.7. The van der Waals surface area contributed by atoms with E-state index in [2.05, 4.69) is 15.6 Å². The number of aromatic nitrogens is 1. The second-order valence-corrected chi connectivity index (χ2v) is 11.0. The van der Waals surface area contributed by atoms with Crippen molar-refractivity contribution in [2.75, 3.05) is 18.0 Å². The number of pyridine rings is 1. The smallest absolute Gasteiger partial charge is 0.405 e. The minimum Gasteiger partial charge on any atom is -0.465 e. The Kier molecular flexibility index (Phi) is 6.73. The number of hydrogen-bond acceptors (Lipinski definition) is 4. The molecule has 3 fully saturated rings. The Labute approximate surface area is 217 Å². The lowest BCUT2D eigenvalue weighted by Gasteiger charge is -2.31. The third-order valence-electron chi connectivity index (χ3n) is 7.69. The molecule has 2 heterocycles. The van der Waals surface area contributed by atoms with Gasteiger partial charge in [0.1, 0.15) is 11.6 Å². The van der Waals surface area contributed by atoms with E-state index in [4.69, 9.17) is 0 Å². The Balaban J connectivity index is 1.59. The van der Waals surface area contributed by atoms with Crippen LogP contribution in [0.2, 0.25) is 0 Å². The summed E-state index contributed by atoms with van der Waals surface area (Å²) in [5.41, 5.74) is 1.06. The van der Waals surface area contributed by atoms with Crippen molar-refractivity contribution in [1.29, 1.82) is 0 Å². The fourth-order valence-electron chi connectivity index (χ4n) is 5.62. The molecule has 38 heavy (non-hydrogen) atoms. The van der Waals surface area contributed by atoms with E-state index in [1.165, 1.54) is 18.3 Å². The predicted octanol–water partition coefficient (Wildman–Crippen LogP) is 5.45. The van der Waals surface area contributed by atoms with E-state index in [0.29, 0.717) is 29.9 Å². The number of halogens is 4. The van der Waals surface area contributed by atoms with Crippen molar-refractivity contribution >= 4 is 17.7 Å². The number of amides is 2. The lowest BCUT2D eigenvalue weighted by atomic mass is 9.91. The maximum atomic E-state index is 14.4. The Morgan fingerprint density at radius 1 is 1.05 bits per heavy atom. The van der Waals surface area contributed by atoms with E-state index in [1.54, 1.807) is 6.92 Å². The minimum atomic E-state index is -2.74. The fourth-order valence-corrected chi connectivity index (χ4v) is 5.62. The summed E-state index contributed by atoms with van der Waals surface area (Å²) in [6.45, 7) is 2.35. The van der Waals surface area contributed by atoms with Crippen LogP contribution in [-0.2, 0) is 0 Å². The first-order valence-electron chi connectivity index (χ1n) is 12.9. The van der Waals surface area contributed by atoms with Gasteiger partial charge < -0.3 is 20.6 Å². The van der Waals surface area contributed by atoms with E-state index in [9.17, 15) is 32.3 Å². The molecule has 5 rings (SSSR count). The van der Waals surface area contributed by atoms with Crippen molar-refractivity contribution in [3.8, 4) is 11.1 Å².